The van der Waals surface area contributed by atoms with Crippen molar-refractivity contribution in [2.45, 2.75) is 6.92 Å². The van der Waals surface area contributed by atoms with E-state index < -0.39 is 5.97 Å². The Morgan fingerprint density at radius 3 is 2.60 bits per heavy atom. The van der Waals surface area contributed by atoms with E-state index in [4.69, 9.17) is 10.2 Å². The molecule has 1 aromatic carbocycles. The van der Waals surface area contributed by atoms with Crippen LogP contribution < -0.4 is 4.90 Å². The number of aliphatic hydroxyl groups is 1. The summed E-state index contributed by atoms with van der Waals surface area (Å²) in [5.41, 5.74) is 1.95. The highest BCUT2D eigenvalue weighted by Crippen LogP contribution is 2.17. The molecule has 0 aliphatic carbocycles. The van der Waals surface area contributed by atoms with Crippen LogP contribution in [0.3, 0.4) is 0 Å². The lowest BCUT2D eigenvalue weighted by Gasteiger charge is -2.18. The van der Waals surface area contributed by atoms with Crippen LogP contribution in [0.1, 0.15) is 15.9 Å². The quantitative estimate of drug-likeness (QED) is 0.780. The molecule has 0 unspecified atom stereocenters. The first-order chi connectivity index (χ1) is 7.06. The van der Waals surface area contributed by atoms with E-state index in [2.05, 4.69) is 0 Å². The number of nitrogens with zero attached hydrogens (tertiary/aromatic N) is 1. The fraction of sp³-hybridized carbons (Fsp3) is 0.364. The van der Waals surface area contributed by atoms with Crippen LogP contribution in [-0.2, 0) is 0 Å². The molecule has 15 heavy (non-hydrogen) atoms. The van der Waals surface area contributed by atoms with Gasteiger partial charge in [-0.2, -0.15) is 0 Å². The van der Waals surface area contributed by atoms with E-state index in [1.54, 1.807) is 25.1 Å². The summed E-state index contributed by atoms with van der Waals surface area (Å²) in [6.45, 7) is 2.38. The molecule has 0 saturated heterocycles. The van der Waals surface area contributed by atoms with Crippen molar-refractivity contribution in [3.63, 3.8) is 0 Å². The third-order valence-electron chi connectivity index (χ3n) is 2.32. The summed E-state index contributed by atoms with van der Waals surface area (Å²) in [5.74, 6) is -0.913. The molecule has 0 bridgehead atoms. The van der Waals surface area contributed by atoms with Gasteiger partial charge in [0.15, 0.2) is 0 Å². The van der Waals surface area contributed by atoms with Crippen LogP contribution in [0, 0.1) is 6.92 Å². The molecule has 0 saturated carbocycles. The second-order valence-corrected chi connectivity index (χ2v) is 3.45. The van der Waals surface area contributed by atoms with Crippen molar-refractivity contribution in [3.8, 4) is 0 Å². The summed E-state index contributed by atoms with van der Waals surface area (Å²) in [4.78, 5) is 12.6. The Morgan fingerprint density at radius 1 is 1.47 bits per heavy atom. The van der Waals surface area contributed by atoms with Crippen molar-refractivity contribution >= 4 is 11.7 Å². The van der Waals surface area contributed by atoms with Gasteiger partial charge < -0.3 is 15.1 Å². The highest BCUT2D eigenvalue weighted by Gasteiger charge is 2.08. The number of rotatable bonds is 4. The number of carboxylic acids is 1. The molecule has 0 aliphatic rings. The summed E-state index contributed by atoms with van der Waals surface area (Å²) in [5, 5.41) is 17.6. The fourth-order valence-corrected chi connectivity index (χ4v) is 1.40. The predicted octanol–water partition coefficient (Wildman–Crippen LogP) is 1.12. The molecule has 1 aromatic rings. The van der Waals surface area contributed by atoms with E-state index in [1.165, 1.54) is 0 Å². The Kier molecular flexibility index (Phi) is 3.68. The van der Waals surface area contributed by atoms with Crippen molar-refractivity contribution in [3.05, 3.63) is 29.3 Å². The van der Waals surface area contributed by atoms with Gasteiger partial charge in [-0.15, -0.1) is 0 Å². The minimum Gasteiger partial charge on any atom is -0.478 e. The van der Waals surface area contributed by atoms with Crippen molar-refractivity contribution < 1.29 is 15.0 Å². The predicted molar refractivity (Wildman–Crippen MR) is 58.5 cm³/mol. The van der Waals surface area contributed by atoms with E-state index >= 15 is 0 Å². The van der Waals surface area contributed by atoms with Crippen LogP contribution in [0.4, 0.5) is 5.69 Å². The van der Waals surface area contributed by atoms with Crippen LogP contribution in [-0.4, -0.2) is 36.4 Å². The molecule has 0 atom stereocenters. The van der Waals surface area contributed by atoms with E-state index in [9.17, 15) is 4.79 Å². The number of hydrogen-bond acceptors (Lipinski definition) is 3. The molecule has 4 heteroatoms. The van der Waals surface area contributed by atoms with Gasteiger partial charge in [0.05, 0.1) is 12.2 Å². The van der Waals surface area contributed by atoms with E-state index in [1.807, 2.05) is 11.9 Å². The molecule has 0 fully saturated rings. The minimum atomic E-state index is -0.913. The molecule has 82 valence electrons. The van der Waals surface area contributed by atoms with Crippen molar-refractivity contribution in [1.29, 1.82) is 0 Å². The van der Waals surface area contributed by atoms with Crippen molar-refractivity contribution in [2.24, 2.45) is 0 Å². The molecule has 0 aliphatic heterocycles. The number of aliphatic hydroxyl groups excluding tert-OH is 1. The summed E-state index contributed by atoms with van der Waals surface area (Å²) >= 11 is 0. The fourth-order valence-electron chi connectivity index (χ4n) is 1.40. The summed E-state index contributed by atoms with van der Waals surface area (Å²) < 4.78 is 0. The monoisotopic (exact) mass is 209 g/mol. The number of carboxylic acid groups (broad SMARTS) is 1. The summed E-state index contributed by atoms with van der Waals surface area (Å²) in [6.07, 6.45) is 0. The molecule has 2 N–H and O–H groups in total. The molecule has 1 rings (SSSR count). The zero-order valence-electron chi connectivity index (χ0n) is 8.90. The largest absolute Gasteiger partial charge is 0.478 e. The van der Waals surface area contributed by atoms with E-state index in [0.29, 0.717) is 12.1 Å². The first-order valence-corrected chi connectivity index (χ1v) is 4.72. The average molecular weight is 209 g/mol. The molecule has 4 nitrogen and oxygen atoms in total. The highest BCUT2D eigenvalue weighted by molar-refractivity contribution is 5.89. The first-order valence-electron chi connectivity index (χ1n) is 4.72. The Hall–Kier alpha value is -1.55. The lowest BCUT2D eigenvalue weighted by atomic mass is 10.1. The van der Waals surface area contributed by atoms with Crippen LogP contribution >= 0.6 is 0 Å². The third-order valence-corrected chi connectivity index (χ3v) is 2.32. The molecule has 0 radical (unpaired) electrons. The van der Waals surface area contributed by atoms with Gasteiger partial charge >= 0.3 is 5.97 Å². The Balaban J connectivity index is 2.96. The zero-order valence-corrected chi connectivity index (χ0v) is 8.90. The Bertz CT molecular complexity index is 363. The highest BCUT2D eigenvalue weighted by atomic mass is 16.4. The topological polar surface area (TPSA) is 60.8 Å². The van der Waals surface area contributed by atoms with Gasteiger partial charge in [-0.3, -0.25) is 0 Å². The number of carbonyl (C=O) groups is 1. The number of benzene rings is 1. The van der Waals surface area contributed by atoms with Gasteiger partial charge in [0.25, 0.3) is 0 Å². The molecule has 0 aromatic heterocycles. The van der Waals surface area contributed by atoms with E-state index in [-0.39, 0.29) is 6.61 Å². The second kappa shape index (κ2) is 4.79. The maximum absolute atomic E-state index is 10.8. The minimum absolute atomic E-state index is 0.0796. The summed E-state index contributed by atoms with van der Waals surface area (Å²) in [7, 11) is 1.85. The smallest absolute Gasteiger partial charge is 0.335 e. The number of aryl methyl sites for hydroxylation is 1. The number of anilines is 1. The maximum Gasteiger partial charge on any atom is 0.335 e. The van der Waals surface area contributed by atoms with Gasteiger partial charge in [-0.05, 0) is 30.7 Å². The molecule has 0 spiro atoms. The van der Waals surface area contributed by atoms with Crippen LogP contribution in [0.2, 0.25) is 0 Å². The SMILES string of the molecule is Cc1cc(N(C)CCO)ccc1C(=O)O. The van der Waals surface area contributed by atoms with Gasteiger partial charge in [0.2, 0.25) is 0 Å². The normalized spacial score (nSPS) is 10.1. The van der Waals surface area contributed by atoms with Crippen molar-refractivity contribution in [2.75, 3.05) is 25.1 Å². The lowest BCUT2D eigenvalue weighted by molar-refractivity contribution is 0.0696. The summed E-state index contributed by atoms with van der Waals surface area (Å²) in [6, 6.07) is 5.13. The van der Waals surface area contributed by atoms with Gasteiger partial charge in [0.1, 0.15) is 0 Å². The van der Waals surface area contributed by atoms with Gasteiger partial charge in [-0.1, -0.05) is 0 Å². The average Bonchev–Trinajstić information content (AvgIpc) is 2.17. The number of aromatic carboxylic acids is 1. The molecular formula is C11H15NO3. The van der Waals surface area contributed by atoms with Gasteiger partial charge in [-0.25, -0.2) is 4.79 Å². The Labute approximate surface area is 88.8 Å². The van der Waals surface area contributed by atoms with Crippen LogP contribution in [0.5, 0.6) is 0 Å². The molecular weight excluding hydrogens is 194 g/mol. The maximum atomic E-state index is 10.8. The lowest BCUT2D eigenvalue weighted by Crippen LogP contribution is -2.21. The number of likely N-dealkylation sites (N-methyl/N-ethyl adjacent to an activating group) is 1. The third kappa shape index (κ3) is 2.70. The number of hydrogen-bond donors (Lipinski definition) is 2. The zero-order chi connectivity index (χ0) is 11.4. The molecule has 0 amide bonds. The van der Waals surface area contributed by atoms with Crippen molar-refractivity contribution in [1.82, 2.24) is 0 Å². The second-order valence-electron chi connectivity index (χ2n) is 3.45. The first kappa shape index (κ1) is 11.5. The van der Waals surface area contributed by atoms with Crippen LogP contribution in [0.25, 0.3) is 0 Å². The van der Waals surface area contributed by atoms with E-state index in [0.717, 1.165) is 11.3 Å². The van der Waals surface area contributed by atoms with Crippen LogP contribution in [0.15, 0.2) is 18.2 Å². The van der Waals surface area contributed by atoms with Gasteiger partial charge in [0, 0.05) is 19.3 Å². The standard InChI is InChI=1S/C11H15NO3/c1-8-7-9(12(2)5-6-13)3-4-10(8)11(14)15/h3-4,7,13H,5-6H2,1-2H3,(H,14,15). The molecule has 0 heterocycles. The Morgan fingerprint density at radius 2 is 2.13 bits per heavy atom.